The van der Waals surface area contributed by atoms with Crippen molar-refractivity contribution in [1.82, 2.24) is 9.13 Å². The van der Waals surface area contributed by atoms with Gasteiger partial charge in [0.05, 0.1) is 56.2 Å². The fraction of sp³-hybridized carbons (Fsp3) is 0.0625. The Morgan fingerprint density at radius 2 is 1.09 bits per heavy atom. The Labute approximate surface area is 310 Å². The molecule has 1 aliphatic heterocycles. The van der Waals surface area contributed by atoms with E-state index >= 15 is 0 Å². The molecule has 2 aliphatic rings. The molecule has 54 heavy (non-hydrogen) atoms. The smallest absolute Gasteiger partial charge is 0.268 e. The van der Waals surface area contributed by atoms with Crippen molar-refractivity contribution >= 4 is 61.1 Å². The van der Waals surface area contributed by atoms with Gasteiger partial charge in [-0.25, -0.2) is 4.90 Å². The van der Waals surface area contributed by atoms with E-state index in [0.29, 0.717) is 28.1 Å². The van der Waals surface area contributed by atoms with Gasteiger partial charge in [0, 0.05) is 32.6 Å². The van der Waals surface area contributed by atoms with Crippen molar-refractivity contribution in [2.24, 2.45) is 0 Å². The summed E-state index contributed by atoms with van der Waals surface area (Å²) >= 11 is 0. The fourth-order valence-electron chi connectivity index (χ4n) is 9.17. The van der Waals surface area contributed by atoms with E-state index in [2.05, 4.69) is 95.8 Å². The number of fused-ring (bicyclic) bond motifs is 10. The van der Waals surface area contributed by atoms with Crippen LogP contribution < -0.4 is 4.90 Å². The second-order valence-electron chi connectivity index (χ2n) is 14.8. The number of rotatable bonds is 3. The van der Waals surface area contributed by atoms with E-state index in [1.165, 1.54) is 16.0 Å². The first kappa shape index (κ1) is 30.4. The number of nitrogens with zero attached hydrogens (tertiary/aromatic N) is 4. The number of hydrogen-bond acceptors (Lipinski definition) is 3. The zero-order valence-corrected chi connectivity index (χ0v) is 29.5. The van der Waals surface area contributed by atoms with Gasteiger partial charge < -0.3 is 9.13 Å². The number of benzene rings is 7. The predicted molar refractivity (Wildman–Crippen MR) is 215 cm³/mol. The highest BCUT2D eigenvalue weighted by atomic mass is 16.2. The average molecular weight is 695 g/mol. The van der Waals surface area contributed by atoms with E-state index in [1.807, 2.05) is 72.8 Å². The summed E-state index contributed by atoms with van der Waals surface area (Å²) in [6, 6.07) is 50.9. The topological polar surface area (TPSA) is 71.0 Å². The van der Waals surface area contributed by atoms with Crippen LogP contribution in [-0.4, -0.2) is 20.9 Å². The van der Waals surface area contributed by atoms with Crippen molar-refractivity contribution in [3.63, 3.8) is 0 Å². The Bertz CT molecular complexity index is 3190. The summed E-state index contributed by atoms with van der Waals surface area (Å²) in [5.74, 6) is -0.651. The van der Waals surface area contributed by atoms with E-state index in [1.54, 1.807) is 6.07 Å². The number of para-hydroxylation sites is 2. The van der Waals surface area contributed by atoms with Gasteiger partial charge in [-0.15, -0.1) is 0 Å². The summed E-state index contributed by atoms with van der Waals surface area (Å²) in [6.45, 7) is 4.39. The van der Waals surface area contributed by atoms with E-state index < -0.39 is 0 Å². The van der Waals surface area contributed by atoms with Crippen LogP contribution in [0.3, 0.4) is 0 Å². The number of imide groups is 1. The highest BCUT2D eigenvalue weighted by Gasteiger charge is 2.41. The fourth-order valence-corrected chi connectivity index (χ4v) is 9.17. The molecule has 11 rings (SSSR count). The minimum atomic E-state index is -0.330. The van der Waals surface area contributed by atoms with Crippen molar-refractivity contribution in [2.45, 2.75) is 19.3 Å². The summed E-state index contributed by atoms with van der Waals surface area (Å²) < 4.78 is 4.39. The standard InChI is InChI=1S/C48H30N4O2/c1-48(2)38-14-6-3-10-31(38)32-23-22-30(24-39(32)48)51-46(53)35-13-9-17-42(45(35)47(51)54)52-41-16-8-5-12-34(41)37-25-43-36(26-44(37)52)33-11-4-7-15-40(33)50(43)29-20-18-28(27-49)19-21-29/h3-26H,1-2H3. The molecule has 7 aromatic carbocycles. The van der Waals surface area contributed by atoms with E-state index in [0.717, 1.165) is 60.4 Å². The third-order valence-corrected chi connectivity index (χ3v) is 11.7. The monoisotopic (exact) mass is 694 g/mol. The number of nitriles is 1. The molecule has 3 heterocycles. The predicted octanol–water partition coefficient (Wildman–Crippen LogP) is 10.9. The molecule has 6 nitrogen and oxygen atoms in total. The normalized spacial score (nSPS) is 14.3. The minimum absolute atomic E-state index is 0.275. The molecule has 0 fully saturated rings. The molecule has 0 bridgehead atoms. The molecule has 0 unspecified atom stereocenters. The molecule has 0 atom stereocenters. The lowest BCUT2D eigenvalue weighted by Crippen LogP contribution is -2.30. The number of aromatic nitrogens is 2. The van der Waals surface area contributed by atoms with Crippen LogP contribution in [0.25, 0.3) is 66.1 Å². The van der Waals surface area contributed by atoms with E-state index in [-0.39, 0.29) is 17.2 Å². The molecule has 2 amide bonds. The van der Waals surface area contributed by atoms with Crippen molar-refractivity contribution in [3.8, 4) is 28.6 Å². The van der Waals surface area contributed by atoms with Crippen molar-refractivity contribution in [2.75, 3.05) is 4.90 Å². The molecule has 6 heteroatoms. The largest absolute Gasteiger partial charge is 0.309 e. The molecule has 254 valence electrons. The molecule has 0 N–H and O–H groups in total. The Hall–Kier alpha value is -7.23. The van der Waals surface area contributed by atoms with Crippen LogP contribution in [0.1, 0.15) is 51.3 Å². The summed E-state index contributed by atoms with van der Waals surface area (Å²) in [5, 5.41) is 13.7. The van der Waals surface area contributed by atoms with Gasteiger partial charge in [-0.2, -0.15) is 5.26 Å². The summed E-state index contributed by atoms with van der Waals surface area (Å²) in [7, 11) is 0. The van der Waals surface area contributed by atoms with Gasteiger partial charge in [-0.1, -0.05) is 86.6 Å². The Morgan fingerprint density at radius 1 is 0.500 bits per heavy atom. The maximum absolute atomic E-state index is 14.7. The van der Waals surface area contributed by atoms with Gasteiger partial charge in [-0.3, -0.25) is 9.59 Å². The van der Waals surface area contributed by atoms with E-state index in [4.69, 9.17) is 0 Å². The Kier molecular flexibility index (Phi) is 6.00. The maximum Gasteiger partial charge on any atom is 0.268 e. The maximum atomic E-state index is 14.7. The number of amides is 2. The van der Waals surface area contributed by atoms with Crippen LogP contribution >= 0.6 is 0 Å². The first-order chi connectivity index (χ1) is 26.3. The highest BCUT2D eigenvalue weighted by molar-refractivity contribution is 6.36. The zero-order valence-electron chi connectivity index (χ0n) is 29.5. The molecule has 0 saturated carbocycles. The van der Waals surface area contributed by atoms with Crippen molar-refractivity contribution < 1.29 is 9.59 Å². The van der Waals surface area contributed by atoms with Gasteiger partial charge in [0.25, 0.3) is 11.8 Å². The first-order valence-corrected chi connectivity index (χ1v) is 18.1. The minimum Gasteiger partial charge on any atom is -0.309 e. The number of anilines is 1. The molecular formula is C48H30N4O2. The lowest BCUT2D eigenvalue weighted by atomic mass is 9.82. The zero-order chi connectivity index (χ0) is 36.5. The number of carbonyl (C=O) groups excluding carboxylic acids is 2. The summed E-state index contributed by atoms with van der Waals surface area (Å²) in [4.78, 5) is 30.4. The Balaban J connectivity index is 1.12. The first-order valence-electron chi connectivity index (χ1n) is 18.1. The van der Waals surface area contributed by atoms with Gasteiger partial charge in [0.15, 0.2) is 0 Å². The van der Waals surface area contributed by atoms with Crippen LogP contribution in [0.5, 0.6) is 0 Å². The van der Waals surface area contributed by atoms with Crippen LogP contribution in [-0.2, 0) is 5.41 Å². The van der Waals surface area contributed by atoms with E-state index in [9.17, 15) is 14.9 Å². The molecule has 0 saturated heterocycles. The Morgan fingerprint density at radius 3 is 1.81 bits per heavy atom. The van der Waals surface area contributed by atoms with Crippen molar-refractivity contribution in [1.29, 1.82) is 5.26 Å². The third kappa shape index (κ3) is 3.88. The third-order valence-electron chi connectivity index (χ3n) is 11.7. The molecular weight excluding hydrogens is 665 g/mol. The molecule has 0 radical (unpaired) electrons. The van der Waals surface area contributed by atoms with Crippen LogP contribution in [0.15, 0.2) is 146 Å². The van der Waals surface area contributed by atoms with Crippen LogP contribution in [0, 0.1) is 11.3 Å². The molecule has 2 aromatic heterocycles. The van der Waals surface area contributed by atoms with Gasteiger partial charge >= 0.3 is 0 Å². The molecule has 9 aromatic rings. The van der Waals surface area contributed by atoms with Gasteiger partial charge in [-0.05, 0) is 95.1 Å². The number of hydrogen-bond donors (Lipinski definition) is 0. The lowest BCUT2D eigenvalue weighted by Gasteiger charge is -2.23. The summed E-state index contributed by atoms with van der Waals surface area (Å²) in [5.41, 5.74) is 12.0. The van der Waals surface area contributed by atoms with Crippen LogP contribution in [0.4, 0.5) is 5.69 Å². The second-order valence-corrected chi connectivity index (χ2v) is 14.8. The van der Waals surface area contributed by atoms with Gasteiger partial charge in [0.2, 0.25) is 0 Å². The molecule has 0 spiro atoms. The van der Waals surface area contributed by atoms with Crippen molar-refractivity contribution in [3.05, 3.63) is 173 Å². The van der Waals surface area contributed by atoms with Gasteiger partial charge in [0.1, 0.15) is 0 Å². The highest BCUT2D eigenvalue weighted by Crippen LogP contribution is 2.50. The second kappa shape index (κ2) is 10.7. The lowest BCUT2D eigenvalue weighted by molar-refractivity contribution is 0.0926. The summed E-state index contributed by atoms with van der Waals surface area (Å²) in [6.07, 6.45) is 0. The average Bonchev–Trinajstić information content (AvgIpc) is 3.87. The SMILES string of the molecule is CC1(C)c2ccccc2-c2ccc(N3C(=O)c4cccc(-n5c6ccccc6c6cc7c(cc65)c5ccccc5n7-c5ccc(C#N)cc5)c4C3=O)cc21. The molecule has 1 aliphatic carbocycles. The van der Waals surface area contributed by atoms with Crippen LogP contribution in [0.2, 0.25) is 0 Å². The number of carbonyl (C=O) groups is 2. The quantitative estimate of drug-likeness (QED) is 0.173.